The predicted octanol–water partition coefficient (Wildman–Crippen LogP) is 3.94. The van der Waals surface area contributed by atoms with Crippen LogP contribution in [0.2, 0.25) is 0 Å². The van der Waals surface area contributed by atoms with Crippen molar-refractivity contribution in [3.8, 4) is 27.7 Å². The lowest BCUT2D eigenvalue weighted by molar-refractivity contribution is -0.147. The lowest BCUT2D eigenvalue weighted by Gasteiger charge is -2.07. The van der Waals surface area contributed by atoms with E-state index in [1.165, 1.54) is 6.07 Å². The zero-order valence-corrected chi connectivity index (χ0v) is 15.9. The number of methoxy groups -OCH3 is 1. The van der Waals surface area contributed by atoms with Crippen molar-refractivity contribution in [1.29, 1.82) is 0 Å². The van der Waals surface area contributed by atoms with Crippen molar-refractivity contribution in [2.45, 2.75) is 0 Å². The summed E-state index contributed by atoms with van der Waals surface area (Å²) in [6, 6.07) is 15.4. The standard InChI is InChI=1S/C20H15NO7S/c1-27-12-6-8-14(9-7-12)28-13-4-2-11(3-5-13)16-10-15(17(29-16)19(23)24)21-18(22)20(25)26/h2-10H,1H3,(H,21,22)(H,23,24)(H,25,26). The number of carboxylic acid groups (broad SMARTS) is 2. The van der Waals surface area contributed by atoms with Crippen LogP contribution in [-0.2, 0) is 9.59 Å². The molecule has 29 heavy (non-hydrogen) atoms. The van der Waals surface area contributed by atoms with Crippen LogP contribution in [0.25, 0.3) is 10.4 Å². The first kappa shape index (κ1) is 19.9. The van der Waals surface area contributed by atoms with Crippen LogP contribution in [0, 0.1) is 0 Å². The average molecular weight is 413 g/mol. The van der Waals surface area contributed by atoms with Gasteiger partial charge in [0.1, 0.15) is 22.1 Å². The van der Waals surface area contributed by atoms with Crippen molar-refractivity contribution in [3.63, 3.8) is 0 Å². The second kappa shape index (κ2) is 8.44. The molecule has 0 aliphatic carbocycles. The van der Waals surface area contributed by atoms with Gasteiger partial charge in [0, 0.05) is 4.88 Å². The number of carboxylic acids is 2. The predicted molar refractivity (Wildman–Crippen MR) is 106 cm³/mol. The molecule has 1 amide bonds. The summed E-state index contributed by atoms with van der Waals surface area (Å²) in [5.41, 5.74) is 0.624. The zero-order valence-electron chi connectivity index (χ0n) is 15.0. The topological polar surface area (TPSA) is 122 Å². The van der Waals surface area contributed by atoms with Crippen molar-refractivity contribution in [3.05, 3.63) is 59.5 Å². The van der Waals surface area contributed by atoms with Crippen LogP contribution in [0.4, 0.5) is 5.69 Å². The second-order valence-electron chi connectivity index (χ2n) is 5.72. The summed E-state index contributed by atoms with van der Waals surface area (Å²) in [4.78, 5) is 33.9. The second-order valence-corrected chi connectivity index (χ2v) is 6.77. The van der Waals surface area contributed by atoms with Gasteiger partial charge in [0.25, 0.3) is 0 Å². The highest BCUT2D eigenvalue weighted by atomic mass is 32.1. The Morgan fingerprint density at radius 1 is 0.897 bits per heavy atom. The average Bonchev–Trinajstić information content (AvgIpc) is 3.13. The third-order valence-corrected chi connectivity index (χ3v) is 4.97. The number of carbonyl (C=O) groups excluding carboxylic acids is 1. The van der Waals surface area contributed by atoms with E-state index in [4.69, 9.17) is 14.6 Å². The summed E-state index contributed by atoms with van der Waals surface area (Å²) in [6.07, 6.45) is 0. The van der Waals surface area contributed by atoms with Crippen LogP contribution in [-0.4, -0.2) is 35.2 Å². The van der Waals surface area contributed by atoms with E-state index in [1.54, 1.807) is 55.6 Å². The van der Waals surface area contributed by atoms with Crippen molar-refractivity contribution in [2.24, 2.45) is 0 Å². The van der Waals surface area contributed by atoms with E-state index in [0.29, 0.717) is 27.7 Å². The molecule has 3 aromatic rings. The molecule has 0 bridgehead atoms. The third-order valence-electron chi connectivity index (χ3n) is 3.80. The molecule has 0 spiro atoms. The van der Waals surface area contributed by atoms with Crippen molar-refractivity contribution >= 4 is 34.9 Å². The fourth-order valence-electron chi connectivity index (χ4n) is 2.43. The Bertz CT molecular complexity index is 1060. The smallest absolute Gasteiger partial charge is 0.394 e. The van der Waals surface area contributed by atoms with Crippen LogP contribution >= 0.6 is 11.3 Å². The molecule has 0 radical (unpaired) electrons. The van der Waals surface area contributed by atoms with Crippen LogP contribution in [0.5, 0.6) is 17.2 Å². The summed E-state index contributed by atoms with van der Waals surface area (Å²) < 4.78 is 10.8. The highest BCUT2D eigenvalue weighted by Crippen LogP contribution is 2.36. The van der Waals surface area contributed by atoms with Crippen molar-refractivity contribution in [1.82, 2.24) is 0 Å². The number of aromatic carboxylic acids is 1. The molecule has 8 nitrogen and oxygen atoms in total. The first-order chi connectivity index (χ1) is 13.9. The Morgan fingerprint density at radius 3 is 1.97 bits per heavy atom. The molecule has 0 atom stereocenters. The fraction of sp³-hybridized carbons (Fsp3) is 0.0500. The number of benzene rings is 2. The summed E-state index contributed by atoms with van der Waals surface area (Å²) in [6.45, 7) is 0. The van der Waals surface area contributed by atoms with Gasteiger partial charge >= 0.3 is 17.8 Å². The Kier molecular flexibility index (Phi) is 5.79. The summed E-state index contributed by atoms with van der Waals surface area (Å²) in [5.74, 6) is -2.35. The number of thiophene rings is 1. The van der Waals surface area contributed by atoms with E-state index in [-0.39, 0.29) is 10.6 Å². The highest BCUT2D eigenvalue weighted by molar-refractivity contribution is 7.18. The van der Waals surface area contributed by atoms with Gasteiger partial charge in [-0.1, -0.05) is 0 Å². The van der Waals surface area contributed by atoms with E-state index in [0.717, 1.165) is 11.3 Å². The van der Waals surface area contributed by atoms with E-state index in [9.17, 15) is 19.5 Å². The molecule has 3 N–H and O–H groups in total. The largest absolute Gasteiger partial charge is 0.497 e. The molecule has 1 aromatic heterocycles. The monoisotopic (exact) mass is 413 g/mol. The van der Waals surface area contributed by atoms with Crippen LogP contribution in [0.15, 0.2) is 54.6 Å². The maximum atomic E-state index is 11.4. The van der Waals surface area contributed by atoms with Crippen LogP contribution < -0.4 is 14.8 Å². The SMILES string of the molecule is COc1ccc(Oc2ccc(-c3cc(NC(=O)C(=O)O)c(C(=O)O)s3)cc2)cc1. The zero-order chi connectivity index (χ0) is 21.0. The van der Waals surface area contributed by atoms with E-state index in [1.807, 2.05) is 0 Å². The lowest BCUT2D eigenvalue weighted by Crippen LogP contribution is -2.22. The molecule has 0 saturated heterocycles. The normalized spacial score (nSPS) is 10.2. The molecule has 0 saturated carbocycles. The minimum Gasteiger partial charge on any atom is -0.497 e. The fourth-order valence-corrected chi connectivity index (χ4v) is 3.39. The molecule has 148 valence electrons. The number of nitrogens with one attached hydrogen (secondary N) is 1. The van der Waals surface area contributed by atoms with E-state index < -0.39 is 17.8 Å². The van der Waals surface area contributed by atoms with Crippen LogP contribution in [0.3, 0.4) is 0 Å². The Balaban J connectivity index is 1.80. The van der Waals surface area contributed by atoms with Gasteiger partial charge in [-0.3, -0.25) is 4.79 Å². The molecule has 1 heterocycles. The maximum Gasteiger partial charge on any atom is 0.394 e. The van der Waals surface area contributed by atoms with Gasteiger partial charge in [-0.25, -0.2) is 9.59 Å². The number of hydrogen-bond donors (Lipinski definition) is 3. The van der Waals surface area contributed by atoms with Gasteiger partial charge in [0.05, 0.1) is 12.8 Å². The molecule has 0 aliphatic heterocycles. The number of ether oxygens (including phenoxy) is 2. The van der Waals surface area contributed by atoms with E-state index in [2.05, 4.69) is 5.32 Å². The first-order valence-corrected chi connectivity index (χ1v) is 9.03. The molecule has 0 aliphatic rings. The number of rotatable bonds is 6. The van der Waals surface area contributed by atoms with Gasteiger partial charge in [-0.2, -0.15) is 0 Å². The number of amides is 1. The Morgan fingerprint density at radius 2 is 1.45 bits per heavy atom. The van der Waals surface area contributed by atoms with Gasteiger partial charge in [-0.15, -0.1) is 11.3 Å². The van der Waals surface area contributed by atoms with Gasteiger partial charge in [0.15, 0.2) is 0 Å². The summed E-state index contributed by atoms with van der Waals surface area (Å²) >= 11 is 0.926. The molecule has 0 fully saturated rings. The summed E-state index contributed by atoms with van der Waals surface area (Å²) in [7, 11) is 1.58. The van der Waals surface area contributed by atoms with Crippen molar-refractivity contribution < 1.29 is 34.1 Å². The quantitative estimate of drug-likeness (QED) is 0.523. The van der Waals surface area contributed by atoms with Gasteiger partial charge in [0.2, 0.25) is 0 Å². The third kappa shape index (κ3) is 4.71. The van der Waals surface area contributed by atoms with Crippen molar-refractivity contribution in [2.75, 3.05) is 12.4 Å². The number of aliphatic carboxylic acids is 1. The first-order valence-electron chi connectivity index (χ1n) is 8.21. The molecule has 9 heteroatoms. The number of carbonyl (C=O) groups is 3. The van der Waals surface area contributed by atoms with Crippen LogP contribution in [0.1, 0.15) is 9.67 Å². The number of anilines is 1. The molecule has 2 aromatic carbocycles. The van der Waals surface area contributed by atoms with E-state index >= 15 is 0 Å². The molecule has 0 unspecified atom stereocenters. The minimum atomic E-state index is -1.70. The maximum absolute atomic E-state index is 11.4. The summed E-state index contributed by atoms with van der Waals surface area (Å²) in [5, 5.41) is 20.1. The number of hydrogen-bond acceptors (Lipinski definition) is 6. The molecular weight excluding hydrogens is 398 g/mol. The highest BCUT2D eigenvalue weighted by Gasteiger charge is 2.20. The Hall–Kier alpha value is -3.85. The Labute approximate surface area is 168 Å². The van der Waals surface area contributed by atoms with Gasteiger partial charge < -0.3 is 25.0 Å². The minimum absolute atomic E-state index is 0.0662. The molecular formula is C20H15NO7S. The van der Waals surface area contributed by atoms with Gasteiger partial charge in [-0.05, 0) is 60.2 Å². The lowest BCUT2D eigenvalue weighted by atomic mass is 10.2. The molecule has 3 rings (SSSR count).